The van der Waals surface area contributed by atoms with Gasteiger partial charge in [-0.05, 0) is 42.6 Å². The fourth-order valence-corrected chi connectivity index (χ4v) is 5.23. The van der Waals surface area contributed by atoms with Crippen LogP contribution in [0.25, 0.3) is 0 Å². The van der Waals surface area contributed by atoms with E-state index in [1.54, 1.807) is 0 Å². The zero-order valence-electron chi connectivity index (χ0n) is 11.7. The lowest BCUT2D eigenvalue weighted by Crippen LogP contribution is -2.46. The highest BCUT2D eigenvalue weighted by Crippen LogP contribution is 2.69. The van der Waals surface area contributed by atoms with Gasteiger partial charge in [0, 0.05) is 11.0 Å². The third-order valence-corrected chi connectivity index (χ3v) is 6.05. The molecule has 2 bridgehead atoms. The Bertz CT molecular complexity index is 494. The van der Waals surface area contributed by atoms with Gasteiger partial charge in [0.05, 0.1) is 6.10 Å². The molecule has 5 nitrogen and oxygen atoms in total. The fourth-order valence-electron chi connectivity index (χ4n) is 5.23. The number of ether oxygens (including phenoxy) is 1. The van der Waals surface area contributed by atoms with Gasteiger partial charge in [-0.2, -0.15) is 0 Å². The summed E-state index contributed by atoms with van der Waals surface area (Å²) in [6.07, 6.45) is 2.50. The lowest BCUT2D eigenvalue weighted by Gasteiger charge is -2.40. The van der Waals surface area contributed by atoms with Crippen LogP contribution in [0.5, 0.6) is 0 Å². The summed E-state index contributed by atoms with van der Waals surface area (Å²) >= 11 is 0. The Hall–Kier alpha value is -1.36. The van der Waals surface area contributed by atoms with Crippen molar-refractivity contribution in [2.75, 3.05) is 0 Å². The minimum atomic E-state index is -0.954. The van der Waals surface area contributed by atoms with E-state index in [9.17, 15) is 19.8 Å². The molecule has 0 radical (unpaired) electrons. The molecule has 1 spiro atoms. The second kappa shape index (κ2) is 4.07. The van der Waals surface area contributed by atoms with Crippen molar-refractivity contribution < 1.29 is 24.5 Å². The average Bonchev–Trinajstić information content (AvgIpc) is 2.81. The van der Waals surface area contributed by atoms with Crippen molar-refractivity contribution in [1.82, 2.24) is 0 Å². The van der Waals surface area contributed by atoms with E-state index < -0.39 is 17.5 Å². The number of hydrogen-bond acceptors (Lipinski definition) is 4. The Morgan fingerprint density at radius 2 is 2.15 bits per heavy atom. The Balaban J connectivity index is 2.11. The van der Waals surface area contributed by atoms with E-state index in [0.717, 1.165) is 12.8 Å². The molecule has 110 valence electrons. The SMILES string of the molecule is CC1(C)[C@H]2C[C@@]3([C@@H](O)C=C2C(=O)O)[C@H](OC=O)CC[C@@H]13. The Morgan fingerprint density at radius 1 is 1.45 bits per heavy atom. The summed E-state index contributed by atoms with van der Waals surface area (Å²) in [6.45, 7) is 4.59. The van der Waals surface area contributed by atoms with Gasteiger partial charge in [0.15, 0.2) is 0 Å². The van der Waals surface area contributed by atoms with Crippen molar-refractivity contribution >= 4 is 12.4 Å². The average molecular weight is 280 g/mol. The van der Waals surface area contributed by atoms with Crippen LogP contribution in [0.2, 0.25) is 0 Å². The van der Waals surface area contributed by atoms with Crippen molar-refractivity contribution in [3.05, 3.63) is 11.6 Å². The predicted molar refractivity (Wildman–Crippen MR) is 69.7 cm³/mol. The van der Waals surface area contributed by atoms with E-state index in [-0.39, 0.29) is 23.4 Å². The summed E-state index contributed by atoms with van der Waals surface area (Å²) in [5, 5.41) is 19.9. The smallest absolute Gasteiger partial charge is 0.331 e. The molecule has 0 aliphatic heterocycles. The highest BCUT2D eigenvalue weighted by molar-refractivity contribution is 5.88. The third kappa shape index (κ3) is 1.41. The number of carboxylic acid groups (broad SMARTS) is 1. The number of carboxylic acids is 1. The number of fused-ring (bicyclic) bond motifs is 1. The van der Waals surface area contributed by atoms with Crippen LogP contribution in [-0.4, -0.2) is 34.9 Å². The van der Waals surface area contributed by atoms with Crippen LogP contribution in [-0.2, 0) is 14.3 Å². The molecule has 2 fully saturated rings. The van der Waals surface area contributed by atoms with E-state index >= 15 is 0 Å². The zero-order valence-corrected chi connectivity index (χ0v) is 11.7. The molecule has 5 heteroatoms. The van der Waals surface area contributed by atoms with E-state index in [2.05, 4.69) is 13.8 Å². The molecule has 20 heavy (non-hydrogen) atoms. The summed E-state index contributed by atoms with van der Waals surface area (Å²) in [5.41, 5.74) is -0.399. The molecule has 3 aliphatic carbocycles. The number of carbonyl (C=O) groups excluding carboxylic acids is 1. The monoisotopic (exact) mass is 280 g/mol. The maximum atomic E-state index is 11.4. The second-order valence-corrected chi connectivity index (χ2v) is 6.91. The van der Waals surface area contributed by atoms with E-state index in [4.69, 9.17) is 4.74 Å². The molecule has 0 saturated heterocycles. The van der Waals surface area contributed by atoms with Crippen molar-refractivity contribution in [2.45, 2.75) is 45.3 Å². The molecule has 0 aromatic rings. The van der Waals surface area contributed by atoms with Crippen LogP contribution in [0, 0.1) is 22.7 Å². The minimum absolute atomic E-state index is 0.0912. The lowest BCUT2D eigenvalue weighted by molar-refractivity contribution is -0.146. The molecular weight excluding hydrogens is 260 g/mol. The Kier molecular flexibility index (Phi) is 2.77. The maximum absolute atomic E-state index is 11.4. The number of carbonyl (C=O) groups is 2. The molecule has 0 aromatic heterocycles. The number of aliphatic hydroxyl groups excluding tert-OH is 1. The van der Waals surface area contributed by atoms with Gasteiger partial charge in [-0.3, -0.25) is 4.79 Å². The standard InChI is InChI=1S/C15H20O5/c1-14(2)9-6-15(11(17)5-8(9)13(18)19)10(14)3-4-12(15)20-7-16/h5,7,9-12,17H,3-4,6H2,1-2H3,(H,18,19)/t9-,10-,11-,12+,15+/m0/s1. The van der Waals surface area contributed by atoms with Crippen molar-refractivity contribution in [3.63, 3.8) is 0 Å². The van der Waals surface area contributed by atoms with Gasteiger partial charge in [-0.25, -0.2) is 4.79 Å². The highest BCUT2D eigenvalue weighted by atomic mass is 16.5. The number of hydrogen-bond donors (Lipinski definition) is 2. The fraction of sp³-hybridized carbons (Fsp3) is 0.733. The molecule has 3 rings (SSSR count). The van der Waals surface area contributed by atoms with Crippen LogP contribution < -0.4 is 0 Å². The Morgan fingerprint density at radius 3 is 2.75 bits per heavy atom. The predicted octanol–water partition coefficient (Wildman–Crippen LogP) is 1.36. The molecule has 0 aromatic carbocycles. The molecule has 5 atom stereocenters. The number of aliphatic carboxylic acids is 1. The van der Waals surface area contributed by atoms with E-state index in [0.29, 0.717) is 18.5 Å². The summed E-state index contributed by atoms with van der Waals surface area (Å²) in [4.78, 5) is 22.2. The second-order valence-electron chi connectivity index (χ2n) is 6.91. The van der Waals surface area contributed by atoms with Crippen LogP contribution in [0.15, 0.2) is 11.6 Å². The normalized spacial score (nSPS) is 44.6. The number of rotatable bonds is 3. The first-order valence-corrected chi connectivity index (χ1v) is 7.08. The summed E-state index contributed by atoms with van der Waals surface area (Å²) in [6, 6.07) is 0. The lowest BCUT2D eigenvalue weighted by atomic mass is 9.69. The first-order chi connectivity index (χ1) is 9.35. The third-order valence-electron chi connectivity index (χ3n) is 6.05. The molecule has 3 aliphatic rings. The van der Waals surface area contributed by atoms with Crippen LogP contribution >= 0.6 is 0 Å². The van der Waals surface area contributed by atoms with Crippen molar-refractivity contribution in [3.8, 4) is 0 Å². The van der Waals surface area contributed by atoms with E-state index in [1.807, 2.05) is 0 Å². The Labute approximate surface area is 117 Å². The molecular formula is C15H20O5. The largest absolute Gasteiger partial charge is 0.478 e. The quantitative estimate of drug-likeness (QED) is 0.762. The number of aliphatic hydroxyl groups is 1. The topological polar surface area (TPSA) is 83.8 Å². The van der Waals surface area contributed by atoms with Crippen LogP contribution in [0.3, 0.4) is 0 Å². The van der Waals surface area contributed by atoms with Crippen molar-refractivity contribution in [1.29, 1.82) is 0 Å². The van der Waals surface area contributed by atoms with Gasteiger partial charge in [0.2, 0.25) is 0 Å². The minimum Gasteiger partial charge on any atom is -0.478 e. The molecule has 2 saturated carbocycles. The highest BCUT2D eigenvalue weighted by Gasteiger charge is 2.69. The first kappa shape index (κ1) is 13.6. The van der Waals surface area contributed by atoms with Gasteiger partial charge in [-0.15, -0.1) is 0 Å². The molecule has 0 amide bonds. The summed E-state index contributed by atoms with van der Waals surface area (Å²) in [5.74, 6) is -0.871. The molecule has 0 heterocycles. The zero-order chi connectivity index (χ0) is 14.7. The van der Waals surface area contributed by atoms with Crippen LogP contribution in [0.4, 0.5) is 0 Å². The van der Waals surface area contributed by atoms with E-state index in [1.165, 1.54) is 6.08 Å². The van der Waals surface area contributed by atoms with Crippen molar-refractivity contribution in [2.24, 2.45) is 22.7 Å². The van der Waals surface area contributed by atoms with Crippen LogP contribution in [0.1, 0.15) is 33.1 Å². The molecule has 0 unspecified atom stereocenters. The molecule has 2 N–H and O–H groups in total. The first-order valence-electron chi connectivity index (χ1n) is 7.08. The summed E-state index contributed by atoms with van der Waals surface area (Å²) in [7, 11) is 0. The maximum Gasteiger partial charge on any atom is 0.331 e. The van der Waals surface area contributed by atoms with Gasteiger partial charge < -0.3 is 14.9 Å². The van der Waals surface area contributed by atoms with Gasteiger partial charge in [-0.1, -0.05) is 13.8 Å². The summed E-state index contributed by atoms with van der Waals surface area (Å²) < 4.78 is 5.24. The van der Waals surface area contributed by atoms with Gasteiger partial charge in [0.25, 0.3) is 6.47 Å². The van der Waals surface area contributed by atoms with Gasteiger partial charge in [0.1, 0.15) is 6.10 Å². The van der Waals surface area contributed by atoms with Gasteiger partial charge >= 0.3 is 5.97 Å².